The molecule has 0 saturated heterocycles. The molecule has 0 saturated carbocycles. The van der Waals surface area contributed by atoms with Crippen molar-refractivity contribution in [3.05, 3.63) is 150 Å². The first-order chi connectivity index (χ1) is 22.0. The normalized spacial score (nSPS) is 14.7. The lowest BCUT2D eigenvalue weighted by Gasteiger charge is -2.42. The van der Waals surface area contributed by atoms with E-state index in [2.05, 4.69) is 169 Å². The highest BCUT2D eigenvalue weighted by Crippen LogP contribution is 2.54. The molecule has 2 aliphatic heterocycles. The van der Waals surface area contributed by atoms with Gasteiger partial charge in [0.1, 0.15) is 12.4 Å². The van der Waals surface area contributed by atoms with Crippen molar-refractivity contribution in [2.75, 3.05) is 9.80 Å². The second-order valence-corrected chi connectivity index (χ2v) is 12.7. The molecule has 0 atom stereocenters. The smallest absolute Gasteiger partial charge is 0.145 e. The third-order valence-corrected chi connectivity index (χ3v) is 9.82. The first-order valence-corrected chi connectivity index (χ1v) is 15.6. The van der Waals surface area contributed by atoms with Gasteiger partial charge in [-0.1, -0.05) is 86.6 Å². The molecular weight excluding hydrogens is 550 g/mol. The Labute approximate surface area is 263 Å². The molecule has 0 aliphatic carbocycles. The van der Waals surface area contributed by atoms with Crippen molar-refractivity contribution in [1.29, 1.82) is 0 Å². The molecule has 7 aromatic rings. The minimum Gasteiger partial charge on any atom is -0.487 e. The van der Waals surface area contributed by atoms with Crippen molar-refractivity contribution in [2.24, 2.45) is 7.05 Å². The van der Waals surface area contributed by atoms with Gasteiger partial charge in [-0.25, -0.2) is 0 Å². The van der Waals surface area contributed by atoms with Gasteiger partial charge in [0.2, 0.25) is 0 Å². The fourth-order valence-corrected chi connectivity index (χ4v) is 7.55. The first-order valence-electron chi connectivity index (χ1n) is 15.6. The van der Waals surface area contributed by atoms with Crippen LogP contribution in [-0.4, -0.2) is 4.57 Å². The third kappa shape index (κ3) is 3.72. The molecule has 2 aliphatic rings. The van der Waals surface area contributed by atoms with E-state index >= 15 is 0 Å². The van der Waals surface area contributed by atoms with Crippen molar-refractivity contribution in [2.45, 2.75) is 25.9 Å². The molecular formula is C41H33N3O. The van der Waals surface area contributed by atoms with E-state index in [-0.39, 0.29) is 5.41 Å². The number of para-hydroxylation sites is 4. The van der Waals surface area contributed by atoms with E-state index in [4.69, 9.17) is 4.74 Å². The highest BCUT2D eigenvalue weighted by atomic mass is 16.5. The van der Waals surface area contributed by atoms with Gasteiger partial charge < -0.3 is 19.1 Å². The van der Waals surface area contributed by atoms with Crippen molar-refractivity contribution in [3.63, 3.8) is 0 Å². The standard InChI is InChI=1S/C41H33N3O/c1-41(2)32-19-11-13-21-35(32)44(29-17-8-5-9-18-29)38-22-30-31-23-39-40(25-37(31)42(3)36(30)24-33(38)41)45-26-27-14-10-12-20-34(27)43(39)28-15-6-4-7-16-28/h4-25H,26H2,1-3H3. The fraction of sp³-hybridized carbons (Fsp3) is 0.122. The monoisotopic (exact) mass is 583 g/mol. The van der Waals surface area contributed by atoms with Gasteiger partial charge in [-0.3, -0.25) is 0 Å². The van der Waals surface area contributed by atoms with E-state index in [1.54, 1.807) is 0 Å². The topological polar surface area (TPSA) is 20.6 Å². The van der Waals surface area contributed by atoms with Crippen LogP contribution >= 0.6 is 0 Å². The number of benzene rings is 6. The van der Waals surface area contributed by atoms with Crippen molar-refractivity contribution in [1.82, 2.24) is 4.57 Å². The molecule has 0 fully saturated rings. The number of ether oxygens (including phenoxy) is 1. The summed E-state index contributed by atoms with van der Waals surface area (Å²) in [5, 5.41) is 2.44. The maximum Gasteiger partial charge on any atom is 0.145 e. The van der Waals surface area contributed by atoms with Gasteiger partial charge in [0, 0.05) is 51.8 Å². The average molecular weight is 584 g/mol. The van der Waals surface area contributed by atoms with Crippen LogP contribution in [0.3, 0.4) is 0 Å². The minimum absolute atomic E-state index is 0.171. The Morgan fingerprint density at radius 2 is 1.09 bits per heavy atom. The fourth-order valence-electron chi connectivity index (χ4n) is 7.55. The largest absolute Gasteiger partial charge is 0.487 e. The highest BCUT2D eigenvalue weighted by Gasteiger charge is 2.37. The zero-order valence-corrected chi connectivity index (χ0v) is 25.7. The number of hydrogen-bond acceptors (Lipinski definition) is 3. The lowest BCUT2D eigenvalue weighted by atomic mass is 9.73. The number of anilines is 6. The lowest BCUT2D eigenvalue weighted by molar-refractivity contribution is 0.311. The highest BCUT2D eigenvalue weighted by molar-refractivity contribution is 6.12. The van der Waals surface area contributed by atoms with E-state index in [1.165, 1.54) is 44.4 Å². The van der Waals surface area contributed by atoms with Gasteiger partial charge in [0.25, 0.3) is 0 Å². The maximum atomic E-state index is 6.57. The maximum absolute atomic E-state index is 6.57. The van der Waals surface area contributed by atoms with Gasteiger partial charge in [-0.15, -0.1) is 0 Å². The number of nitrogens with zero attached hydrogens (tertiary/aromatic N) is 3. The van der Waals surface area contributed by atoms with E-state index in [1.807, 2.05) is 0 Å². The summed E-state index contributed by atoms with van der Waals surface area (Å²) in [4.78, 5) is 4.79. The molecule has 45 heavy (non-hydrogen) atoms. The molecule has 4 heteroatoms. The summed E-state index contributed by atoms with van der Waals surface area (Å²) in [6.45, 7) is 5.23. The van der Waals surface area contributed by atoms with Crippen LogP contribution < -0.4 is 14.5 Å². The second-order valence-electron chi connectivity index (χ2n) is 12.7. The molecule has 0 N–H and O–H groups in total. The predicted molar refractivity (Wildman–Crippen MR) is 186 cm³/mol. The molecule has 0 unspecified atom stereocenters. The Hall–Kier alpha value is -5.48. The molecule has 0 amide bonds. The van der Waals surface area contributed by atoms with Crippen molar-refractivity contribution < 1.29 is 4.74 Å². The first kappa shape index (κ1) is 26.0. The summed E-state index contributed by atoms with van der Waals surface area (Å²) >= 11 is 0. The van der Waals surface area contributed by atoms with Gasteiger partial charge in [-0.05, 0) is 65.7 Å². The van der Waals surface area contributed by atoms with Crippen molar-refractivity contribution >= 4 is 55.9 Å². The lowest BCUT2D eigenvalue weighted by Crippen LogP contribution is -2.30. The Morgan fingerprint density at radius 3 is 1.80 bits per heavy atom. The third-order valence-electron chi connectivity index (χ3n) is 9.82. The molecule has 4 nitrogen and oxygen atoms in total. The summed E-state index contributed by atoms with van der Waals surface area (Å²) in [5.41, 5.74) is 13.0. The van der Waals surface area contributed by atoms with Crippen LogP contribution in [0.4, 0.5) is 34.1 Å². The molecule has 9 rings (SSSR count). The zero-order valence-electron chi connectivity index (χ0n) is 25.7. The summed E-state index contributed by atoms with van der Waals surface area (Å²) in [6.07, 6.45) is 0. The van der Waals surface area contributed by atoms with Crippen LogP contribution in [-0.2, 0) is 19.1 Å². The predicted octanol–water partition coefficient (Wildman–Crippen LogP) is 10.8. The van der Waals surface area contributed by atoms with Crippen LogP contribution in [0.1, 0.15) is 30.5 Å². The van der Waals surface area contributed by atoms with Crippen LogP contribution in [0.25, 0.3) is 21.8 Å². The molecule has 0 radical (unpaired) electrons. The average Bonchev–Trinajstić information content (AvgIpc) is 3.23. The SMILES string of the molecule is Cn1c2cc3c(cc2c2cc4c(cc21)C(C)(C)c1ccccc1N4c1ccccc1)N(c1ccccc1)c1ccccc1CO3. The Kier molecular flexibility index (Phi) is 5.49. The van der Waals surface area contributed by atoms with Gasteiger partial charge in [-0.2, -0.15) is 0 Å². The number of rotatable bonds is 2. The van der Waals surface area contributed by atoms with E-state index < -0.39 is 0 Å². The second kappa shape index (κ2) is 9.51. The van der Waals surface area contributed by atoms with E-state index in [0.717, 1.165) is 34.0 Å². The minimum atomic E-state index is -0.171. The molecule has 6 aromatic carbocycles. The van der Waals surface area contributed by atoms with Crippen molar-refractivity contribution in [3.8, 4) is 5.75 Å². The van der Waals surface area contributed by atoms with Gasteiger partial charge in [0.05, 0.1) is 28.3 Å². The molecule has 0 bridgehead atoms. The summed E-state index contributed by atoms with van der Waals surface area (Å²) in [5.74, 6) is 0.886. The van der Waals surface area contributed by atoms with Crippen LogP contribution in [0, 0.1) is 0 Å². The van der Waals surface area contributed by atoms with Crippen LogP contribution in [0.2, 0.25) is 0 Å². The Morgan fingerprint density at radius 1 is 0.533 bits per heavy atom. The number of aromatic nitrogens is 1. The summed E-state index contributed by atoms with van der Waals surface area (Å²) < 4.78 is 8.91. The Bertz CT molecular complexity index is 2270. The molecule has 0 spiro atoms. The van der Waals surface area contributed by atoms with Crippen LogP contribution in [0.5, 0.6) is 5.75 Å². The molecule has 218 valence electrons. The quantitative estimate of drug-likeness (QED) is 0.202. The molecule has 3 heterocycles. The zero-order chi connectivity index (χ0) is 30.3. The summed E-state index contributed by atoms with van der Waals surface area (Å²) in [7, 11) is 2.18. The number of hydrogen-bond donors (Lipinski definition) is 0. The number of aryl methyl sites for hydroxylation is 1. The summed E-state index contributed by atoms with van der Waals surface area (Å²) in [6, 6.07) is 48.2. The van der Waals surface area contributed by atoms with E-state index in [0.29, 0.717) is 6.61 Å². The van der Waals surface area contributed by atoms with Gasteiger partial charge >= 0.3 is 0 Å². The number of fused-ring (bicyclic) bond motifs is 7. The van der Waals surface area contributed by atoms with Crippen LogP contribution in [0.15, 0.2) is 133 Å². The van der Waals surface area contributed by atoms with Gasteiger partial charge in [0.15, 0.2) is 0 Å². The van der Waals surface area contributed by atoms with E-state index in [9.17, 15) is 0 Å². The molecule has 1 aromatic heterocycles. The Balaban J connectivity index is 1.34.